The lowest BCUT2D eigenvalue weighted by Gasteiger charge is -2.21. The summed E-state index contributed by atoms with van der Waals surface area (Å²) in [5.74, 6) is 1.15. The fourth-order valence-corrected chi connectivity index (χ4v) is 2.33. The molecule has 2 aromatic carbocycles. The predicted octanol–water partition coefficient (Wildman–Crippen LogP) is 3.86. The summed E-state index contributed by atoms with van der Waals surface area (Å²) < 4.78 is 24.1. The van der Waals surface area contributed by atoms with Crippen molar-refractivity contribution in [1.29, 1.82) is 0 Å². The molecule has 0 bridgehead atoms. The van der Waals surface area contributed by atoms with Gasteiger partial charge in [0, 0.05) is 12.1 Å². The number of rotatable bonds is 3. The Kier molecular flexibility index (Phi) is 3.65. The van der Waals surface area contributed by atoms with Crippen molar-refractivity contribution in [3.8, 4) is 11.5 Å². The summed E-state index contributed by atoms with van der Waals surface area (Å²) in [4.78, 5) is 0. The molecule has 0 spiro atoms. The van der Waals surface area contributed by atoms with Crippen molar-refractivity contribution in [3.63, 3.8) is 0 Å². The third-order valence-electron chi connectivity index (χ3n) is 3.05. The second kappa shape index (κ2) is 5.59. The fourth-order valence-electron chi connectivity index (χ4n) is 2.10. The van der Waals surface area contributed by atoms with E-state index in [1.807, 2.05) is 18.2 Å². The van der Waals surface area contributed by atoms with E-state index in [2.05, 4.69) is 5.32 Å². The highest BCUT2D eigenvalue weighted by molar-refractivity contribution is 6.33. The zero-order valence-electron chi connectivity index (χ0n) is 10.7. The number of benzene rings is 2. The Morgan fingerprint density at radius 1 is 1.15 bits per heavy atom. The normalized spacial score (nSPS) is 13.1. The van der Waals surface area contributed by atoms with Gasteiger partial charge in [-0.05, 0) is 24.3 Å². The fraction of sp³-hybridized carbons (Fsp3) is 0.200. The van der Waals surface area contributed by atoms with E-state index in [1.165, 1.54) is 12.1 Å². The van der Waals surface area contributed by atoms with Crippen molar-refractivity contribution >= 4 is 17.3 Å². The second-order valence-electron chi connectivity index (χ2n) is 4.42. The van der Waals surface area contributed by atoms with E-state index in [1.54, 1.807) is 6.07 Å². The van der Waals surface area contributed by atoms with E-state index < -0.39 is 0 Å². The lowest BCUT2D eigenvalue weighted by molar-refractivity contribution is 0.170. The molecule has 2 aromatic rings. The van der Waals surface area contributed by atoms with Crippen LogP contribution in [0.15, 0.2) is 36.4 Å². The van der Waals surface area contributed by atoms with Crippen LogP contribution in [0.1, 0.15) is 5.56 Å². The Morgan fingerprint density at radius 3 is 2.85 bits per heavy atom. The van der Waals surface area contributed by atoms with E-state index in [0.717, 1.165) is 17.1 Å². The Balaban J connectivity index is 1.78. The first-order chi connectivity index (χ1) is 9.74. The molecule has 3 nitrogen and oxygen atoms in total. The topological polar surface area (TPSA) is 30.5 Å². The van der Waals surface area contributed by atoms with Gasteiger partial charge in [-0.2, -0.15) is 0 Å². The molecule has 104 valence electrons. The third kappa shape index (κ3) is 2.65. The van der Waals surface area contributed by atoms with E-state index in [9.17, 15) is 4.39 Å². The number of ether oxygens (including phenoxy) is 2. The Morgan fingerprint density at radius 2 is 2.00 bits per heavy atom. The van der Waals surface area contributed by atoms with Gasteiger partial charge in [-0.15, -0.1) is 0 Å². The molecule has 0 radical (unpaired) electrons. The maximum absolute atomic E-state index is 13.0. The second-order valence-corrected chi connectivity index (χ2v) is 4.83. The third-order valence-corrected chi connectivity index (χ3v) is 3.36. The minimum Gasteiger partial charge on any atom is -0.486 e. The maximum Gasteiger partial charge on any atom is 0.166 e. The van der Waals surface area contributed by atoms with Crippen LogP contribution < -0.4 is 14.8 Å². The summed E-state index contributed by atoms with van der Waals surface area (Å²) in [5, 5.41) is 3.53. The summed E-state index contributed by atoms with van der Waals surface area (Å²) in [7, 11) is 0. The minimum absolute atomic E-state index is 0.352. The van der Waals surface area contributed by atoms with E-state index in [4.69, 9.17) is 21.1 Å². The molecule has 0 unspecified atom stereocenters. The summed E-state index contributed by atoms with van der Waals surface area (Å²) in [5.41, 5.74) is 1.66. The average Bonchev–Trinajstić information content (AvgIpc) is 2.46. The number of hydrogen-bond donors (Lipinski definition) is 1. The largest absolute Gasteiger partial charge is 0.486 e. The number of para-hydroxylation sites is 1. The zero-order chi connectivity index (χ0) is 13.9. The first-order valence-corrected chi connectivity index (χ1v) is 6.68. The molecular weight excluding hydrogens is 281 g/mol. The van der Waals surface area contributed by atoms with E-state index >= 15 is 0 Å². The van der Waals surface area contributed by atoms with Crippen LogP contribution in [-0.2, 0) is 6.54 Å². The summed E-state index contributed by atoms with van der Waals surface area (Å²) in [6.45, 7) is 1.63. The molecule has 5 heteroatoms. The van der Waals surface area contributed by atoms with Gasteiger partial charge < -0.3 is 14.8 Å². The van der Waals surface area contributed by atoms with E-state index in [-0.39, 0.29) is 5.82 Å². The van der Waals surface area contributed by atoms with Gasteiger partial charge in [0.15, 0.2) is 11.5 Å². The Labute approximate surface area is 121 Å². The lowest BCUT2D eigenvalue weighted by atomic mass is 10.1. The van der Waals surface area contributed by atoms with Gasteiger partial charge in [0.05, 0.1) is 10.7 Å². The van der Waals surface area contributed by atoms with Crippen LogP contribution in [0.2, 0.25) is 5.02 Å². The first-order valence-electron chi connectivity index (χ1n) is 6.30. The number of nitrogens with one attached hydrogen (secondary N) is 1. The van der Waals surface area contributed by atoms with Crippen LogP contribution in [0.5, 0.6) is 11.5 Å². The number of anilines is 1. The molecule has 0 amide bonds. The zero-order valence-corrected chi connectivity index (χ0v) is 11.4. The van der Waals surface area contributed by atoms with Crippen molar-refractivity contribution in [3.05, 3.63) is 52.8 Å². The minimum atomic E-state index is -0.352. The van der Waals surface area contributed by atoms with Crippen molar-refractivity contribution in [1.82, 2.24) is 0 Å². The molecule has 0 fully saturated rings. The van der Waals surface area contributed by atoms with Crippen molar-refractivity contribution in [2.75, 3.05) is 18.5 Å². The molecule has 1 aliphatic heterocycles. The monoisotopic (exact) mass is 293 g/mol. The van der Waals surface area contributed by atoms with Crippen LogP contribution in [0.4, 0.5) is 10.1 Å². The Hall–Kier alpha value is -1.94. The molecule has 0 aliphatic carbocycles. The molecule has 3 rings (SSSR count). The van der Waals surface area contributed by atoms with Crippen LogP contribution in [-0.4, -0.2) is 13.2 Å². The molecular formula is C15H13ClFNO2. The quantitative estimate of drug-likeness (QED) is 0.932. The number of fused-ring (bicyclic) bond motifs is 1. The van der Waals surface area contributed by atoms with Gasteiger partial charge in [0.1, 0.15) is 19.0 Å². The highest BCUT2D eigenvalue weighted by Gasteiger charge is 2.15. The molecule has 0 atom stereocenters. The van der Waals surface area contributed by atoms with Gasteiger partial charge >= 0.3 is 0 Å². The van der Waals surface area contributed by atoms with Crippen molar-refractivity contribution < 1.29 is 13.9 Å². The van der Waals surface area contributed by atoms with Crippen LogP contribution >= 0.6 is 11.6 Å². The predicted molar refractivity (Wildman–Crippen MR) is 76.2 cm³/mol. The number of hydrogen-bond acceptors (Lipinski definition) is 3. The van der Waals surface area contributed by atoms with Crippen molar-refractivity contribution in [2.45, 2.75) is 6.54 Å². The van der Waals surface area contributed by atoms with Gasteiger partial charge in [-0.1, -0.05) is 23.7 Å². The van der Waals surface area contributed by atoms with Gasteiger partial charge in [0.25, 0.3) is 0 Å². The molecule has 0 saturated carbocycles. The highest BCUT2D eigenvalue weighted by atomic mass is 35.5. The van der Waals surface area contributed by atoms with Crippen LogP contribution in [0, 0.1) is 5.82 Å². The molecule has 1 aliphatic rings. The Bertz CT molecular complexity index is 633. The summed E-state index contributed by atoms with van der Waals surface area (Å²) in [6, 6.07) is 10.0. The first kappa shape index (κ1) is 13.1. The van der Waals surface area contributed by atoms with Crippen LogP contribution in [0.3, 0.4) is 0 Å². The summed E-state index contributed by atoms with van der Waals surface area (Å²) >= 11 is 5.98. The maximum atomic E-state index is 13.0. The summed E-state index contributed by atoms with van der Waals surface area (Å²) in [6.07, 6.45) is 0. The van der Waals surface area contributed by atoms with Gasteiger partial charge in [0.2, 0.25) is 0 Å². The lowest BCUT2D eigenvalue weighted by Crippen LogP contribution is -2.17. The molecule has 0 saturated heterocycles. The van der Waals surface area contributed by atoms with Gasteiger partial charge in [-0.3, -0.25) is 0 Å². The van der Waals surface area contributed by atoms with Gasteiger partial charge in [-0.25, -0.2) is 4.39 Å². The SMILES string of the molecule is Fc1ccc(NCc2cccc3c2OCCO3)c(Cl)c1. The average molecular weight is 294 g/mol. The van der Waals surface area contributed by atoms with E-state index in [0.29, 0.717) is 30.5 Å². The molecule has 0 aromatic heterocycles. The highest BCUT2D eigenvalue weighted by Crippen LogP contribution is 2.34. The molecule has 20 heavy (non-hydrogen) atoms. The smallest absolute Gasteiger partial charge is 0.166 e. The molecule has 1 N–H and O–H groups in total. The number of halogens is 2. The molecule has 1 heterocycles. The van der Waals surface area contributed by atoms with Crippen molar-refractivity contribution in [2.24, 2.45) is 0 Å². The van der Waals surface area contributed by atoms with Crippen LogP contribution in [0.25, 0.3) is 0 Å². The standard InChI is InChI=1S/C15H13ClFNO2/c16-12-8-11(17)4-5-13(12)18-9-10-2-1-3-14-15(10)20-7-6-19-14/h1-5,8,18H,6-7,9H2.